The van der Waals surface area contributed by atoms with E-state index in [4.69, 9.17) is 5.11 Å². The predicted molar refractivity (Wildman–Crippen MR) is 72.9 cm³/mol. The molecule has 1 aliphatic heterocycles. The fourth-order valence-corrected chi connectivity index (χ4v) is 2.04. The first-order valence-electron chi connectivity index (χ1n) is 6.80. The molecule has 0 aromatic carbocycles. The number of hydroxylamine groups is 1. The van der Waals surface area contributed by atoms with Gasteiger partial charge in [0.05, 0.1) is 5.56 Å². The average Bonchev–Trinajstić information content (AvgIpc) is 2.54. The molecule has 0 aliphatic carbocycles. The van der Waals surface area contributed by atoms with E-state index in [-0.39, 0.29) is 5.95 Å². The van der Waals surface area contributed by atoms with Crippen molar-refractivity contribution in [3.8, 4) is 0 Å². The van der Waals surface area contributed by atoms with Crippen molar-refractivity contribution in [1.29, 1.82) is 0 Å². The number of anilines is 1. The normalized spacial score (nSPS) is 15.3. The van der Waals surface area contributed by atoms with Gasteiger partial charge in [-0.2, -0.15) is 18.7 Å². The van der Waals surface area contributed by atoms with Gasteiger partial charge < -0.3 is 14.9 Å². The van der Waals surface area contributed by atoms with Crippen molar-refractivity contribution in [2.75, 3.05) is 37.7 Å². The van der Waals surface area contributed by atoms with Crippen LogP contribution in [0.3, 0.4) is 0 Å². The lowest BCUT2D eigenvalue weighted by molar-refractivity contribution is -0.139. The molecule has 132 valence electrons. The lowest BCUT2D eigenvalue weighted by Gasteiger charge is -2.34. The number of hydrogen-bond acceptors (Lipinski definition) is 6. The highest BCUT2D eigenvalue weighted by atomic mass is 19.4. The summed E-state index contributed by atoms with van der Waals surface area (Å²) in [5, 5.41) is 8.32. The minimum atomic E-state index is -4.49. The molecule has 9 nitrogen and oxygen atoms in total. The number of carboxylic acid groups (broad SMARTS) is 1. The molecule has 0 unspecified atom stereocenters. The molecule has 2 N–H and O–H groups in total. The number of alkyl halides is 3. The molecule has 12 heteroatoms. The second-order valence-corrected chi connectivity index (χ2v) is 4.83. The van der Waals surface area contributed by atoms with Crippen LogP contribution in [0.4, 0.5) is 23.9 Å². The van der Waals surface area contributed by atoms with Crippen molar-refractivity contribution in [3.63, 3.8) is 0 Å². The van der Waals surface area contributed by atoms with Crippen LogP contribution < -0.4 is 10.4 Å². The first-order chi connectivity index (χ1) is 11.3. The summed E-state index contributed by atoms with van der Waals surface area (Å²) in [4.78, 5) is 36.9. The van der Waals surface area contributed by atoms with E-state index in [1.807, 2.05) is 0 Å². The van der Waals surface area contributed by atoms with Gasteiger partial charge in [0.15, 0.2) is 6.61 Å². The van der Waals surface area contributed by atoms with Crippen molar-refractivity contribution < 1.29 is 32.7 Å². The summed E-state index contributed by atoms with van der Waals surface area (Å²) in [7, 11) is 0. The molecule has 2 rings (SSSR count). The third-order valence-corrected chi connectivity index (χ3v) is 3.24. The molecule has 0 saturated carbocycles. The van der Waals surface area contributed by atoms with E-state index in [1.54, 1.807) is 10.4 Å². The largest absolute Gasteiger partial charge is 0.464 e. The molecule has 1 fully saturated rings. The standard InChI is InChI=1S/C12H14F3N5O4/c13-12(14,15)8-5-16-10(17-6-8)20-3-1-19(2-4-20)9(21)7-24-18-11(22)23/h5-6,18H,1-4,7H2,(H,22,23). The topological polar surface area (TPSA) is 108 Å². The Morgan fingerprint density at radius 2 is 1.79 bits per heavy atom. The lowest BCUT2D eigenvalue weighted by atomic mass is 10.3. The van der Waals surface area contributed by atoms with Crippen molar-refractivity contribution in [2.24, 2.45) is 0 Å². The molecule has 1 aromatic heterocycles. The SMILES string of the molecule is O=C(O)NOCC(=O)N1CCN(c2ncc(C(F)(F)F)cn2)CC1. The third-order valence-electron chi connectivity index (χ3n) is 3.24. The summed E-state index contributed by atoms with van der Waals surface area (Å²) >= 11 is 0. The van der Waals surface area contributed by atoms with Crippen LogP contribution >= 0.6 is 0 Å². The Morgan fingerprint density at radius 1 is 1.21 bits per heavy atom. The molecule has 0 radical (unpaired) electrons. The summed E-state index contributed by atoms with van der Waals surface area (Å²) in [6, 6.07) is 0. The fourth-order valence-electron chi connectivity index (χ4n) is 2.04. The minimum Gasteiger partial charge on any atom is -0.464 e. The molecule has 2 amide bonds. The summed E-state index contributed by atoms with van der Waals surface area (Å²) in [5.74, 6) is -0.254. The van der Waals surface area contributed by atoms with Crippen LogP contribution in [0.1, 0.15) is 5.56 Å². The number of aromatic nitrogens is 2. The van der Waals surface area contributed by atoms with Gasteiger partial charge in [-0.15, -0.1) is 0 Å². The fraction of sp³-hybridized carbons (Fsp3) is 0.500. The van der Waals surface area contributed by atoms with Crippen LogP contribution in [-0.4, -0.2) is 64.8 Å². The van der Waals surface area contributed by atoms with Crippen LogP contribution in [-0.2, 0) is 15.8 Å². The quantitative estimate of drug-likeness (QED) is 0.755. The summed E-state index contributed by atoms with van der Waals surface area (Å²) < 4.78 is 37.4. The van der Waals surface area contributed by atoms with E-state index in [1.165, 1.54) is 4.90 Å². The van der Waals surface area contributed by atoms with E-state index < -0.39 is 30.3 Å². The number of carbonyl (C=O) groups excluding carboxylic acids is 1. The third kappa shape index (κ3) is 4.68. The van der Waals surface area contributed by atoms with Gasteiger partial charge in [0.25, 0.3) is 5.91 Å². The van der Waals surface area contributed by atoms with Gasteiger partial charge in [-0.3, -0.25) is 9.63 Å². The van der Waals surface area contributed by atoms with E-state index in [0.717, 1.165) is 0 Å². The molecular formula is C12H14F3N5O4. The van der Waals surface area contributed by atoms with E-state index in [0.29, 0.717) is 38.6 Å². The molecular weight excluding hydrogens is 335 g/mol. The van der Waals surface area contributed by atoms with Crippen molar-refractivity contribution in [1.82, 2.24) is 20.3 Å². The zero-order valence-electron chi connectivity index (χ0n) is 12.3. The summed E-state index contributed by atoms with van der Waals surface area (Å²) in [6.45, 7) is 0.815. The van der Waals surface area contributed by atoms with Crippen LogP contribution in [0, 0.1) is 0 Å². The molecule has 0 atom stereocenters. The van der Waals surface area contributed by atoms with Crippen LogP contribution in [0.2, 0.25) is 0 Å². The van der Waals surface area contributed by atoms with Gasteiger partial charge >= 0.3 is 12.3 Å². The van der Waals surface area contributed by atoms with Gasteiger partial charge in [-0.25, -0.2) is 14.8 Å². The van der Waals surface area contributed by atoms with Crippen molar-refractivity contribution in [3.05, 3.63) is 18.0 Å². The van der Waals surface area contributed by atoms with Crippen molar-refractivity contribution >= 4 is 17.9 Å². The van der Waals surface area contributed by atoms with Gasteiger partial charge in [0.2, 0.25) is 5.95 Å². The van der Waals surface area contributed by atoms with Crippen LogP contribution in [0.15, 0.2) is 12.4 Å². The highest BCUT2D eigenvalue weighted by Crippen LogP contribution is 2.28. The average molecular weight is 349 g/mol. The molecule has 0 bridgehead atoms. The van der Waals surface area contributed by atoms with Crippen LogP contribution in [0.5, 0.6) is 0 Å². The minimum absolute atomic E-state index is 0.152. The van der Waals surface area contributed by atoms with Gasteiger partial charge in [-0.1, -0.05) is 0 Å². The molecule has 1 saturated heterocycles. The number of halogens is 3. The number of nitrogens with zero attached hydrogens (tertiary/aromatic N) is 4. The Hall–Kier alpha value is -2.63. The maximum atomic E-state index is 12.5. The predicted octanol–water partition coefficient (Wildman–Crippen LogP) is 0.343. The molecule has 2 heterocycles. The number of rotatable bonds is 4. The number of piperazine rings is 1. The molecule has 1 aromatic rings. The second-order valence-electron chi connectivity index (χ2n) is 4.83. The Kier molecular flexibility index (Phi) is 5.39. The Morgan fingerprint density at radius 3 is 2.29 bits per heavy atom. The zero-order chi connectivity index (χ0) is 17.7. The van der Waals surface area contributed by atoms with E-state index >= 15 is 0 Å². The van der Waals surface area contributed by atoms with E-state index in [2.05, 4.69) is 14.8 Å². The Bertz CT molecular complexity index is 587. The maximum absolute atomic E-state index is 12.5. The highest BCUT2D eigenvalue weighted by Gasteiger charge is 2.32. The number of carbonyl (C=O) groups is 2. The first-order valence-corrected chi connectivity index (χ1v) is 6.80. The number of nitrogens with one attached hydrogen (secondary N) is 1. The first kappa shape index (κ1) is 17.7. The van der Waals surface area contributed by atoms with Gasteiger partial charge in [-0.05, 0) is 0 Å². The maximum Gasteiger partial charge on any atom is 0.428 e. The monoisotopic (exact) mass is 349 g/mol. The van der Waals surface area contributed by atoms with Gasteiger partial charge in [0.1, 0.15) is 0 Å². The summed E-state index contributed by atoms with van der Waals surface area (Å²) in [6.07, 6.45) is -4.48. The Balaban J connectivity index is 1.84. The van der Waals surface area contributed by atoms with E-state index in [9.17, 15) is 22.8 Å². The Labute approximate surface area is 134 Å². The number of hydrogen-bond donors (Lipinski definition) is 2. The highest BCUT2D eigenvalue weighted by molar-refractivity contribution is 5.78. The smallest absolute Gasteiger partial charge is 0.428 e. The second kappa shape index (κ2) is 7.29. The summed E-state index contributed by atoms with van der Waals surface area (Å²) in [5.41, 5.74) is 0.687. The van der Waals surface area contributed by atoms with Crippen molar-refractivity contribution in [2.45, 2.75) is 6.18 Å². The number of amides is 2. The lowest BCUT2D eigenvalue weighted by Crippen LogP contribution is -2.50. The molecule has 24 heavy (non-hydrogen) atoms. The zero-order valence-corrected chi connectivity index (χ0v) is 12.3. The van der Waals surface area contributed by atoms with Crippen LogP contribution in [0.25, 0.3) is 0 Å². The molecule has 1 aliphatic rings. The molecule has 0 spiro atoms. The van der Waals surface area contributed by atoms with Gasteiger partial charge in [0, 0.05) is 38.6 Å².